The Kier molecular flexibility index (Phi) is 8.89. The fourth-order valence-electron chi connectivity index (χ4n) is 1.78. The summed E-state index contributed by atoms with van der Waals surface area (Å²) in [5.41, 5.74) is 1.16. The van der Waals surface area contributed by atoms with Crippen molar-refractivity contribution in [1.29, 1.82) is 0 Å². The fourth-order valence-corrected chi connectivity index (χ4v) is 1.78. The van der Waals surface area contributed by atoms with Crippen molar-refractivity contribution in [2.45, 2.75) is 26.2 Å². The van der Waals surface area contributed by atoms with Crippen LogP contribution in [0, 0.1) is 11.8 Å². The van der Waals surface area contributed by atoms with Crippen molar-refractivity contribution in [2.75, 3.05) is 11.9 Å². The lowest BCUT2D eigenvalue weighted by molar-refractivity contribution is 0.932. The predicted molar refractivity (Wildman–Crippen MR) is 96.5 cm³/mol. The van der Waals surface area contributed by atoms with E-state index in [4.69, 9.17) is 0 Å². The van der Waals surface area contributed by atoms with Crippen LogP contribution in [0.1, 0.15) is 26.2 Å². The van der Waals surface area contributed by atoms with Crippen LogP contribution in [0.2, 0.25) is 0 Å². The minimum atomic E-state index is 0.726. The second kappa shape index (κ2) is 11.2. The molecule has 0 amide bonds. The van der Waals surface area contributed by atoms with E-state index in [1.165, 1.54) is 0 Å². The normalized spacial score (nSPS) is 11.5. The topological polar surface area (TPSA) is 16.1 Å². The van der Waals surface area contributed by atoms with Crippen LogP contribution in [0.3, 0.4) is 0 Å². The Bertz CT molecular complexity index is 583. The highest BCUT2D eigenvalue weighted by atomic mass is 15.1. The van der Waals surface area contributed by atoms with Crippen molar-refractivity contribution in [3.8, 4) is 11.8 Å². The van der Waals surface area contributed by atoms with E-state index >= 15 is 0 Å². The quantitative estimate of drug-likeness (QED) is 0.525. The second-order valence-corrected chi connectivity index (χ2v) is 4.75. The van der Waals surface area contributed by atoms with Crippen LogP contribution in [0.4, 0.5) is 5.82 Å². The van der Waals surface area contributed by atoms with Crippen LogP contribution in [-0.4, -0.2) is 12.0 Å². The maximum atomic E-state index is 4.29. The van der Waals surface area contributed by atoms with Crippen molar-refractivity contribution < 1.29 is 0 Å². The molecule has 22 heavy (non-hydrogen) atoms. The lowest BCUT2D eigenvalue weighted by Gasteiger charge is -2.11. The number of aromatic nitrogens is 1. The molecule has 1 aromatic heterocycles. The molecule has 2 heteroatoms. The Morgan fingerprint density at radius 1 is 1.36 bits per heavy atom. The molecule has 0 radical (unpaired) electrons. The molecular weight excluding hydrogens is 268 g/mol. The van der Waals surface area contributed by atoms with E-state index in [-0.39, 0.29) is 0 Å². The zero-order chi connectivity index (χ0) is 16.0. The van der Waals surface area contributed by atoms with Gasteiger partial charge in [-0.3, -0.25) is 0 Å². The molecule has 0 atom stereocenters. The number of anilines is 1. The summed E-state index contributed by atoms with van der Waals surface area (Å²) in [4.78, 5) is 6.27. The summed E-state index contributed by atoms with van der Waals surface area (Å²) < 4.78 is 0. The van der Waals surface area contributed by atoms with Crippen LogP contribution in [0.5, 0.6) is 0 Å². The monoisotopic (exact) mass is 292 g/mol. The van der Waals surface area contributed by atoms with E-state index < -0.39 is 0 Å². The summed E-state index contributed by atoms with van der Waals surface area (Å²) >= 11 is 0. The molecule has 0 saturated heterocycles. The van der Waals surface area contributed by atoms with E-state index in [2.05, 4.69) is 36.4 Å². The molecule has 0 aromatic carbocycles. The zero-order valence-corrected chi connectivity index (χ0v) is 13.5. The molecule has 2 nitrogen and oxygen atoms in total. The van der Waals surface area contributed by atoms with Gasteiger partial charge in [0.05, 0.1) is 0 Å². The lowest BCUT2D eigenvalue weighted by Crippen LogP contribution is -2.08. The van der Waals surface area contributed by atoms with Crippen LogP contribution < -0.4 is 4.90 Å². The number of allylic oxidation sites excluding steroid dienone is 6. The first kappa shape index (κ1) is 17.5. The van der Waals surface area contributed by atoms with Gasteiger partial charge in [-0.05, 0) is 18.6 Å². The van der Waals surface area contributed by atoms with Crippen LogP contribution in [-0.2, 0) is 0 Å². The summed E-state index contributed by atoms with van der Waals surface area (Å²) in [5, 5.41) is 0. The van der Waals surface area contributed by atoms with E-state index in [0.29, 0.717) is 0 Å². The van der Waals surface area contributed by atoms with Crippen molar-refractivity contribution >= 4 is 5.82 Å². The summed E-state index contributed by atoms with van der Waals surface area (Å²) in [6, 6.07) is 5.87. The van der Waals surface area contributed by atoms with Crippen molar-refractivity contribution in [3.63, 3.8) is 0 Å². The summed E-state index contributed by atoms with van der Waals surface area (Å²) in [7, 11) is 1.98. The Labute approximate surface area is 134 Å². The molecule has 1 rings (SSSR count). The maximum Gasteiger partial charge on any atom is 0.132 e. The Morgan fingerprint density at radius 3 is 2.91 bits per heavy atom. The van der Waals surface area contributed by atoms with Gasteiger partial charge in [0.1, 0.15) is 5.82 Å². The average Bonchev–Trinajstić information content (AvgIpc) is 2.55. The first-order valence-corrected chi connectivity index (χ1v) is 7.55. The Hall–Kier alpha value is -2.53. The molecule has 1 heterocycles. The molecule has 0 fully saturated rings. The van der Waals surface area contributed by atoms with E-state index in [1.807, 2.05) is 54.6 Å². The summed E-state index contributed by atoms with van der Waals surface area (Å²) in [6.45, 7) is 5.82. The van der Waals surface area contributed by atoms with Crippen LogP contribution in [0.15, 0.2) is 73.1 Å². The van der Waals surface area contributed by atoms with Gasteiger partial charge >= 0.3 is 0 Å². The molecular formula is C20H24N2. The summed E-state index contributed by atoms with van der Waals surface area (Å²) in [6.07, 6.45) is 16.4. The molecule has 114 valence electrons. The smallest absolute Gasteiger partial charge is 0.132 e. The fraction of sp³-hybridized carbons (Fsp3) is 0.250. The number of hydrogen-bond acceptors (Lipinski definition) is 2. The zero-order valence-electron chi connectivity index (χ0n) is 13.5. The first-order chi connectivity index (χ1) is 10.8. The molecule has 0 N–H and O–H groups in total. The van der Waals surface area contributed by atoms with Gasteiger partial charge in [-0.2, -0.15) is 0 Å². The number of rotatable bonds is 7. The molecule has 0 aliphatic carbocycles. The Morgan fingerprint density at radius 2 is 2.23 bits per heavy atom. The van der Waals surface area contributed by atoms with E-state index in [9.17, 15) is 0 Å². The maximum absolute atomic E-state index is 4.29. The van der Waals surface area contributed by atoms with Crippen molar-refractivity contribution in [2.24, 2.45) is 0 Å². The van der Waals surface area contributed by atoms with Gasteiger partial charge in [0.2, 0.25) is 0 Å². The highest BCUT2D eigenvalue weighted by molar-refractivity contribution is 5.40. The van der Waals surface area contributed by atoms with Crippen molar-refractivity contribution in [1.82, 2.24) is 4.98 Å². The van der Waals surface area contributed by atoms with Gasteiger partial charge in [-0.1, -0.05) is 68.2 Å². The molecule has 1 aromatic rings. The third-order valence-corrected chi connectivity index (χ3v) is 2.87. The number of nitrogens with zero attached hydrogens (tertiary/aromatic N) is 2. The molecule has 0 saturated carbocycles. The first-order valence-electron chi connectivity index (χ1n) is 7.55. The molecule has 0 aliphatic heterocycles. The van der Waals surface area contributed by atoms with Gasteiger partial charge in [-0.15, -0.1) is 0 Å². The third kappa shape index (κ3) is 7.31. The van der Waals surface area contributed by atoms with Gasteiger partial charge in [-0.25, -0.2) is 4.98 Å². The molecule has 0 spiro atoms. The lowest BCUT2D eigenvalue weighted by atomic mass is 10.1. The standard InChI is InChI=1S/C20H24N2/c1-4-6-8-14-19(13-5-2)15-9-7-12-18-22(3)20-16-10-11-17-21-20/h4,6,8,10-12,14,16-18H,1,5,7,13H2,2-3H3/b8-6-,18-12-,19-14+. The molecule has 0 aliphatic rings. The van der Waals surface area contributed by atoms with Crippen molar-refractivity contribution in [3.05, 3.63) is 73.1 Å². The minimum Gasteiger partial charge on any atom is -0.336 e. The number of pyridine rings is 1. The third-order valence-electron chi connectivity index (χ3n) is 2.87. The van der Waals surface area contributed by atoms with E-state index in [1.54, 1.807) is 12.3 Å². The Balaban J connectivity index is 2.54. The second-order valence-electron chi connectivity index (χ2n) is 4.75. The SMILES string of the molecule is C=C/C=C\C=C(\C#CC/C=C\N(C)c1ccccn1)CCC. The largest absolute Gasteiger partial charge is 0.336 e. The van der Waals surface area contributed by atoms with Gasteiger partial charge in [0.15, 0.2) is 0 Å². The summed E-state index contributed by atoms with van der Waals surface area (Å²) in [5.74, 6) is 7.35. The van der Waals surface area contributed by atoms with Crippen LogP contribution >= 0.6 is 0 Å². The predicted octanol–water partition coefficient (Wildman–Crippen LogP) is 4.89. The average molecular weight is 292 g/mol. The highest BCUT2D eigenvalue weighted by Crippen LogP contribution is 2.07. The molecule has 0 unspecified atom stereocenters. The highest BCUT2D eigenvalue weighted by Gasteiger charge is 1.94. The minimum absolute atomic E-state index is 0.726. The van der Waals surface area contributed by atoms with Gasteiger partial charge in [0.25, 0.3) is 0 Å². The van der Waals surface area contributed by atoms with E-state index in [0.717, 1.165) is 30.7 Å². The number of hydrogen-bond donors (Lipinski definition) is 0. The van der Waals surface area contributed by atoms with Gasteiger partial charge < -0.3 is 4.90 Å². The molecule has 0 bridgehead atoms. The van der Waals surface area contributed by atoms with Gasteiger partial charge in [0, 0.05) is 31.4 Å². The van der Waals surface area contributed by atoms with Crippen LogP contribution in [0.25, 0.3) is 0 Å².